The number of nitrogens with two attached hydrogens (primary N) is 1. The first-order chi connectivity index (χ1) is 9.67. The number of pyridine rings is 1. The molecular weight excluding hydrogens is 259 g/mol. The van der Waals surface area contributed by atoms with Crippen LogP contribution in [0, 0.1) is 5.82 Å². The van der Waals surface area contributed by atoms with Gasteiger partial charge in [0, 0.05) is 17.6 Å². The molecule has 1 unspecified atom stereocenters. The van der Waals surface area contributed by atoms with Crippen LogP contribution in [0.5, 0.6) is 5.75 Å². The number of hydrogen-bond acceptors (Lipinski definition) is 4. The van der Waals surface area contributed by atoms with E-state index in [1.807, 2.05) is 18.2 Å². The predicted molar refractivity (Wildman–Crippen MR) is 73.0 cm³/mol. The Hall–Kier alpha value is -2.40. The van der Waals surface area contributed by atoms with E-state index in [0.29, 0.717) is 22.7 Å². The van der Waals surface area contributed by atoms with Crippen LogP contribution in [0.2, 0.25) is 0 Å². The third-order valence-corrected chi connectivity index (χ3v) is 3.14. The quantitative estimate of drug-likeness (QED) is 0.796. The lowest BCUT2D eigenvalue weighted by Gasteiger charge is -2.07. The van der Waals surface area contributed by atoms with Crippen LogP contribution < -0.4 is 10.5 Å². The molecule has 4 nitrogen and oxygen atoms in total. The highest BCUT2D eigenvalue weighted by atomic mass is 19.1. The number of benzene rings is 1. The summed E-state index contributed by atoms with van der Waals surface area (Å²) in [7, 11) is 1.59. The number of methoxy groups -OCH3 is 1. The van der Waals surface area contributed by atoms with Crippen molar-refractivity contribution in [3.63, 3.8) is 0 Å². The fourth-order valence-corrected chi connectivity index (χ4v) is 2.07. The molecule has 2 N–H and O–H groups in total. The maximum absolute atomic E-state index is 13.2. The molecule has 0 amide bonds. The van der Waals surface area contributed by atoms with Gasteiger partial charge in [-0.05, 0) is 29.8 Å². The minimum absolute atomic E-state index is 0.421. The molecule has 20 heavy (non-hydrogen) atoms. The molecule has 0 saturated heterocycles. The molecule has 1 aromatic carbocycles. The van der Waals surface area contributed by atoms with Crippen molar-refractivity contribution in [3.8, 4) is 5.75 Å². The van der Waals surface area contributed by atoms with Crippen molar-refractivity contribution in [2.24, 2.45) is 5.73 Å². The lowest BCUT2D eigenvalue weighted by molar-refractivity contribution is 0.414. The first-order valence-corrected chi connectivity index (χ1v) is 6.11. The molecule has 0 aliphatic rings. The van der Waals surface area contributed by atoms with Crippen molar-refractivity contribution in [2.45, 2.75) is 6.04 Å². The summed E-state index contributed by atoms with van der Waals surface area (Å²) in [6.07, 6.45) is 2.67. The molecule has 0 saturated carbocycles. The predicted octanol–water partition coefficient (Wildman–Crippen LogP) is 3.02. The number of ether oxygens (including phenoxy) is 1. The Labute approximate surface area is 115 Å². The van der Waals surface area contributed by atoms with E-state index in [1.165, 1.54) is 12.3 Å². The largest absolute Gasteiger partial charge is 0.497 e. The van der Waals surface area contributed by atoms with Gasteiger partial charge in [0.1, 0.15) is 22.9 Å². The van der Waals surface area contributed by atoms with E-state index in [2.05, 4.69) is 4.98 Å². The van der Waals surface area contributed by atoms with Crippen molar-refractivity contribution in [2.75, 3.05) is 7.11 Å². The summed E-state index contributed by atoms with van der Waals surface area (Å²) >= 11 is 0. The highest BCUT2D eigenvalue weighted by Gasteiger charge is 2.15. The zero-order valence-electron chi connectivity index (χ0n) is 10.8. The van der Waals surface area contributed by atoms with Crippen LogP contribution in [0.15, 0.2) is 47.1 Å². The van der Waals surface area contributed by atoms with Gasteiger partial charge in [-0.1, -0.05) is 0 Å². The van der Waals surface area contributed by atoms with Gasteiger partial charge in [0.05, 0.1) is 19.3 Å². The molecule has 3 aromatic rings. The van der Waals surface area contributed by atoms with Crippen molar-refractivity contribution in [1.82, 2.24) is 4.98 Å². The normalized spacial score (nSPS) is 12.6. The Morgan fingerprint density at radius 2 is 2.10 bits per heavy atom. The second-order valence-electron chi connectivity index (χ2n) is 4.47. The van der Waals surface area contributed by atoms with E-state index in [1.54, 1.807) is 13.2 Å². The van der Waals surface area contributed by atoms with Gasteiger partial charge in [-0.15, -0.1) is 0 Å². The smallest absolute Gasteiger partial charge is 0.141 e. The fourth-order valence-electron chi connectivity index (χ4n) is 2.07. The monoisotopic (exact) mass is 272 g/mol. The van der Waals surface area contributed by atoms with Crippen molar-refractivity contribution < 1.29 is 13.5 Å². The topological polar surface area (TPSA) is 61.3 Å². The minimum atomic E-state index is -0.559. The average Bonchev–Trinajstić information content (AvgIpc) is 2.89. The number of hydrogen-bond donors (Lipinski definition) is 1. The van der Waals surface area contributed by atoms with Gasteiger partial charge < -0.3 is 14.9 Å². The standard InChI is InChI=1S/C15H13FN2O2/c1-19-12-3-2-9-5-14(20-13(9)6-12)15(17)10-4-11(16)8-18-7-10/h2-8,15H,17H2,1H3. The first-order valence-electron chi connectivity index (χ1n) is 6.11. The van der Waals surface area contributed by atoms with Gasteiger partial charge in [-0.3, -0.25) is 4.98 Å². The fraction of sp³-hybridized carbons (Fsp3) is 0.133. The highest BCUT2D eigenvalue weighted by molar-refractivity contribution is 5.79. The van der Waals surface area contributed by atoms with Crippen molar-refractivity contribution >= 4 is 11.0 Å². The van der Waals surface area contributed by atoms with Gasteiger partial charge in [0.15, 0.2) is 0 Å². The molecule has 1 atom stereocenters. The Kier molecular flexibility index (Phi) is 3.12. The van der Waals surface area contributed by atoms with E-state index in [9.17, 15) is 4.39 Å². The molecule has 0 radical (unpaired) electrons. The Morgan fingerprint density at radius 1 is 1.25 bits per heavy atom. The summed E-state index contributed by atoms with van der Waals surface area (Å²) in [4.78, 5) is 3.80. The number of halogens is 1. The van der Waals surface area contributed by atoms with E-state index < -0.39 is 11.9 Å². The van der Waals surface area contributed by atoms with E-state index in [-0.39, 0.29) is 0 Å². The SMILES string of the molecule is COc1ccc2cc(C(N)c3cncc(F)c3)oc2c1. The van der Waals surface area contributed by atoms with Crippen LogP contribution in [-0.2, 0) is 0 Å². The molecule has 0 aliphatic carbocycles. The molecule has 102 valence electrons. The average molecular weight is 272 g/mol. The van der Waals surface area contributed by atoms with Crippen LogP contribution in [0.4, 0.5) is 4.39 Å². The lowest BCUT2D eigenvalue weighted by atomic mass is 10.1. The molecule has 3 rings (SSSR count). The van der Waals surface area contributed by atoms with Gasteiger partial charge in [0.25, 0.3) is 0 Å². The van der Waals surface area contributed by atoms with Gasteiger partial charge in [-0.25, -0.2) is 4.39 Å². The van der Waals surface area contributed by atoms with Crippen LogP contribution in [-0.4, -0.2) is 12.1 Å². The molecule has 0 aliphatic heterocycles. The number of nitrogens with zero attached hydrogens (tertiary/aromatic N) is 1. The highest BCUT2D eigenvalue weighted by Crippen LogP contribution is 2.29. The van der Waals surface area contributed by atoms with E-state index in [0.717, 1.165) is 11.6 Å². The van der Waals surface area contributed by atoms with Crippen LogP contribution in [0.3, 0.4) is 0 Å². The molecule has 0 bridgehead atoms. The summed E-state index contributed by atoms with van der Waals surface area (Å²) < 4.78 is 24.0. The number of aromatic nitrogens is 1. The lowest BCUT2D eigenvalue weighted by Crippen LogP contribution is -2.11. The molecule has 0 spiro atoms. The number of fused-ring (bicyclic) bond motifs is 1. The van der Waals surface area contributed by atoms with Crippen LogP contribution in [0.1, 0.15) is 17.4 Å². The Balaban J connectivity index is 2.01. The van der Waals surface area contributed by atoms with Crippen molar-refractivity contribution in [3.05, 3.63) is 59.9 Å². The molecule has 2 heterocycles. The summed E-state index contributed by atoms with van der Waals surface area (Å²) in [5.41, 5.74) is 7.33. The second-order valence-corrected chi connectivity index (χ2v) is 4.47. The van der Waals surface area contributed by atoms with Gasteiger partial charge in [-0.2, -0.15) is 0 Å². The van der Waals surface area contributed by atoms with Gasteiger partial charge in [0.2, 0.25) is 0 Å². The molecule has 5 heteroatoms. The van der Waals surface area contributed by atoms with E-state index >= 15 is 0 Å². The van der Waals surface area contributed by atoms with Crippen molar-refractivity contribution in [1.29, 1.82) is 0 Å². The third kappa shape index (κ3) is 2.23. The Morgan fingerprint density at radius 3 is 2.85 bits per heavy atom. The van der Waals surface area contributed by atoms with Crippen LogP contribution >= 0.6 is 0 Å². The minimum Gasteiger partial charge on any atom is -0.497 e. The zero-order valence-corrected chi connectivity index (χ0v) is 10.8. The molecular formula is C15H13FN2O2. The third-order valence-electron chi connectivity index (χ3n) is 3.14. The first kappa shape index (κ1) is 12.6. The maximum Gasteiger partial charge on any atom is 0.141 e. The summed E-state index contributed by atoms with van der Waals surface area (Å²) in [5.74, 6) is 0.843. The summed E-state index contributed by atoms with van der Waals surface area (Å²) in [6, 6.07) is 8.15. The number of furan rings is 1. The summed E-state index contributed by atoms with van der Waals surface area (Å²) in [5, 5.41) is 0.917. The second kappa shape index (κ2) is 4.94. The van der Waals surface area contributed by atoms with Gasteiger partial charge >= 0.3 is 0 Å². The maximum atomic E-state index is 13.2. The van der Waals surface area contributed by atoms with Crippen LogP contribution in [0.25, 0.3) is 11.0 Å². The zero-order chi connectivity index (χ0) is 14.1. The molecule has 0 fully saturated rings. The molecule has 2 aromatic heterocycles. The Bertz CT molecular complexity index is 754. The van der Waals surface area contributed by atoms with E-state index in [4.69, 9.17) is 14.9 Å². The number of rotatable bonds is 3. The summed E-state index contributed by atoms with van der Waals surface area (Å²) in [6.45, 7) is 0.